The number of carbonyl (C=O) groups excluding carboxylic acids is 3. The third-order valence-corrected chi connectivity index (χ3v) is 8.68. The summed E-state index contributed by atoms with van der Waals surface area (Å²) in [4.78, 5) is 41.3. The van der Waals surface area contributed by atoms with Gasteiger partial charge in [0.1, 0.15) is 13.2 Å². The van der Waals surface area contributed by atoms with Crippen LogP contribution >= 0.6 is 0 Å². The van der Waals surface area contributed by atoms with Crippen molar-refractivity contribution >= 4 is 17.8 Å². The largest absolute Gasteiger partial charge is 0.461 e. The van der Waals surface area contributed by atoms with E-state index in [2.05, 4.69) is 49.9 Å². The average molecular weight is 677 g/mol. The SMILES string of the molecule is CCCCCCC=CCOC(=O)CCCCCCCN(CCCCCCCC(=O)OCC=CCCCCCC)C(=O)CCCCN(C)C. The first-order valence-corrected chi connectivity index (χ1v) is 19.9. The van der Waals surface area contributed by atoms with E-state index < -0.39 is 0 Å². The van der Waals surface area contributed by atoms with E-state index in [9.17, 15) is 14.4 Å². The Morgan fingerprint density at radius 2 is 0.854 bits per heavy atom. The monoisotopic (exact) mass is 677 g/mol. The first-order valence-electron chi connectivity index (χ1n) is 19.9. The number of rotatable bonds is 35. The maximum absolute atomic E-state index is 13.0. The van der Waals surface area contributed by atoms with E-state index in [1.54, 1.807) is 0 Å². The lowest BCUT2D eigenvalue weighted by atomic mass is 10.1. The van der Waals surface area contributed by atoms with Crippen LogP contribution in [0, 0.1) is 0 Å². The zero-order chi connectivity index (χ0) is 35.3. The molecule has 0 aromatic carbocycles. The molecule has 0 saturated carbocycles. The summed E-state index contributed by atoms with van der Waals surface area (Å²) in [6.45, 7) is 7.86. The van der Waals surface area contributed by atoms with Crippen LogP contribution in [0.4, 0.5) is 0 Å². The highest BCUT2D eigenvalue weighted by Gasteiger charge is 2.13. The van der Waals surface area contributed by atoms with Crippen LogP contribution in [0.3, 0.4) is 0 Å². The van der Waals surface area contributed by atoms with Crippen LogP contribution in [-0.4, -0.2) is 74.6 Å². The number of esters is 2. The Kier molecular flexibility index (Phi) is 34.5. The zero-order valence-electron chi connectivity index (χ0n) is 32.0. The molecule has 0 fully saturated rings. The molecule has 0 saturated heterocycles. The molecule has 7 heteroatoms. The van der Waals surface area contributed by atoms with Gasteiger partial charge in [-0.15, -0.1) is 0 Å². The van der Waals surface area contributed by atoms with Gasteiger partial charge in [0.2, 0.25) is 5.91 Å². The molecule has 1 amide bonds. The number of ether oxygens (including phenoxy) is 2. The molecule has 0 unspecified atom stereocenters. The molecule has 0 heterocycles. The Labute approximate surface area is 296 Å². The molecule has 0 N–H and O–H groups in total. The summed E-state index contributed by atoms with van der Waals surface area (Å²) in [5.74, 6) is 0.0740. The molecular weight excluding hydrogens is 600 g/mol. The fourth-order valence-corrected chi connectivity index (χ4v) is 5.60. The van der Waals surface area contributed by atoms with Gasteiger partial charge >= 0.3 is 11.9 Å². The lowest BCUT2D eigenvalue weighted by molar-refractivity contribution is -0.143. The van der Waals surface area contributed by atoms with Crippen LogP contribution in [0.25, 0.3) is 0 Å². The van der Waals surface area contributed by atoms with E-state index in [4.69, 9.17) is 9.47 Å². The van der Waals surface area contributed by atoms with Gasteiger partial charge in [0.15, 0.2) is 0 Å². The molecule has 0 aliphatic carbocycles. The van der Waals surface area contributed by atoms with Gasteiger partial charge in [-0.05, 0) is 84.8 Å². The second-order valence-corrected chi connectivity index (χ2v) is 13.7. The van der Waals surface area contributed by atoms with Crippen molar-refractivity contribution in [3.05, 3.63) is 24.3 Å². The number of hydrogen-bond donors (Lipinski definition) is 0. The highest BCUT2D eigenvalue weighted by molar-refractivity contribution is 5.76. The minimum Gasteiger partial charge on any atom is -0.461 e. The normalized spacial score (nSPS) is 11.6. The van der Waals surface area contributed by atoms with Gasteiger partial charge in [0.05, 0.1) is 0 Å². The summed E-state index contributed by atoms with van der Waals surface area (Å²) in [6, 6.07) is 0. The van der Waals surface area contributed by atoms with Crippen LogP contribution in [0.1, 0.15) is 174 Å². The molecule has 48 heavy (non-hydrogen) atoms. The first-order chi connectivity index (χ1) is 23.4. The molecule has 7 nitrogen and oxygen atoms in total. The van der Waals surface area contributed by atoms with Crippen molar-refractivity contribution in [1.82, 2.24) is 9.80 Å². The minimum atomic E-state index is -0.104. The molecule has 0 aromatic rings. The minimum absolute atomic E-state index is 0.104. The Balaban J connectivity index is 4.12. The number of amides is 1. The van der Waals surface area contributed by atoms with E-state index in [0.29, 0.717) is 32.5 Å². The van der Waals surface area contributed by atoms with Gasteiger partial charge in [0.25, 0.3) is 0 Å². The van der Waals surface area contributed by atoms with Crippen LogP contribution in [0.5, 0.6) is 0 Å². The molecule has 0 atom stereocenters. The van der Waals surface area contributed by atoms with Crippen molar-refractivity contribution in [3.8, 4) is 0 Å². The molecule has 0 spiro atoms. The number of nitrogens with zero attached hydrogens (tertiary/aromatic N) is 2. The van der Waals surface area contributed by atoms with E-state index in [1.165, 1.54) is 51.4 Å². The smallest absolute Gasteiger partial charge is 0.306 e. The van der Waals surface area contributed by atoms with Crippen molar-refractivity contribution < 1.29 is 23.9 Å². The maximum Gasteiger partial charge on any atom is 0.306 e. The van der Waals surface area contributed by atoms with Gasteiger partial charge < -0.3 is 19.3 Å². The van der Waals surface area contributed by atoms with Gasteiger partial charge in [-0.25, -0.2) is 0 Å². The predicted octanol–water partition coefficient (Wildman–Crippen LogP) is 10.4. The van der Waals surface area contributed by atoms with Gasteiger partial charge in [0, 0.05) is 32.4 Å². The van der Waals surface area contributed by atoms with Crippen molar-refractivity contribution in [2.45, 2.75) is 174 Å². The number of allylic oxidation sites excluding steroid dienone is 2. The molecule has 0 aliphatic heterocycles. The second kappa shape index (κ2) is 36.1. The van der Waals surface area contributed by atoms with Crippen LogP contribution in [-0.2, 0) is 23.9 Å². The molecule has 0 bridgehead atoms. The quantitative estimate of drug-likeness (QED) is 0.0378. The standard InChI is InChI=1S/C41H76N2O5/c1-5-7-9-11-13-21-29-37-47-40(45)32-23-17-15-19-26-35-43(39(44)31-25-28-34-42(3)4)36-27-20-16-18-24-33-41(46)48-38-30-22-14-12-10-8-6-2/h21-22,29-30H,5-20,23-28,31-38H2,1-4H3. The fourth-order valence-electron chi connectivity index (χ4n) is 5.60. The summed E-state index contributed by atoms with van der Waals surface area (Å²) in [5, 5.41) is 0. The van der Waals surface area contributed by atoms with E-state index >= 15 is 0 Å². The van der Waals surface area contributed by atoms with Crippen molar-refractivity contribution in [2.24, 2.45) is 0 Å². The van der Waals surface area contributed by atoms with Crippen LogP contribution < -0.4 is 0 Å². The summed E-state index contributed by atoms with van der Waals surface area (Å²) >= 11 is 0. The molecule has 0 aliphatic rings. The lowest BCUT2D eigenvalue weighted by Crippen LogP contribution is -2.33. The topological polar surface area (TPSA) is 76.1 Å². The van der Waals surface area contributed by atoms with Gasteiger partial charge in [-0.3, -0.25) is 14.4 Å². The maximum atomic E-state index is 13.0. The van der Waals surface area contributed by atoms with E-state index in [0.717, 1.165) is 110 Å². The van der Waals surface area contributed by atoms with Crippen molar-refractivity contribution in [3.63, 3.8) is 0 Å². The molecule has 0 rings (SSSR count). The highest BCUT2D eigenvalue weighted by Crippen LogP contribution is 2.12. The molecular formula is C41H76N2O5. The molecule has 0 radical (unpaired) electrons. The summed E-state index contributed by atoms with van der Waals surface area (Å²) < 4.78 is 10.7. The number of hydrogen-bond acceptors (Lipinski definition) is 6. The summed E-state index contributed by atoms with van der Waals surface area (Å²) in [5.41, 5.74) is 0. The lowest BCUT2D eigenvalue weighted by Gasteiger charge is -2.23. The Morgan fingerprint density at radius 1 is 0.458 bits per heavy atom. The first kappa shape index (κ1) is 45.9. The highest BCUT2D eigenvalue weighted by atomic mass is 16.5. The van der Waals surface area contributed by atoms with Crippen molar-refractivity contribution in [2.75, 3.05) is 46.9 Å². The molecule has 0 aromatic heterocycles. The Morgan fingerprint density at radius 3 is 1.31 bits per heavy atom. The van der Waals surface area contributed by atoms with Crippen LogP contribution in [0.15, 0.2) is 24.3 Å². The van der Waals surface area contributed by atoms with E-state index in [1.807, 2.05) is 12.2 Å². The van der Waals surface area contributed by atoms with Crippen molar-refractivity contribution in [1.29, 1.82) is 0 Å². The number of unbranched alkanes of at least 4 members (excludes halogenated alkanes) is 17. The fraction of sp³-hybridized carbons (Fsp3) is 0.829. The average Bonchev–Trinajstić information content (AvgIpc) is 3.07. The van der Waals surface area contributed by atoms with Gasteiger partial charge in [-0.1, -0.05) is 115 Å². The van der Waals surface area contributed by atoms with Crippen LogP contribution in [0.2, 0.25) is 0 Å². The Hall–Kier alpha value is -2.15. The Bertz CT molecular complexity index is 759. The van der Waals surface area contributed by atoms with E-state index in [-0.39, 0.29) is 17.8 Å². The third-order valence-electron chi connectivity index (χ3n) is 8.68. The zero-order valence-corrected chi connectivity index (χ0v) is 32.0. The second-order valence-electron chi connectivity index (χ2n) is 13.7. The number of carbonyl (C=O) groups is 3. The predicted molar refractivity (Wildman–Crippen MR) is 202 cm³/mol. The summed E-state index contributed by atoms with van der Waals surface area (Å²) in [7, 11) is 4.15. The third kappa shape index (κ3) is 33.7. The summed E-state index contributed by atoms with van der Waals surface area (Å²) in [6.07, 6.45) is 34.0. The van der Waals surface area contributed by atoms with Gasteiger partial charge in [-0.2, -0.15) is 0 Å². The molecule has 280 valence electrons.